The molecular weight excluding hydrogens is 608 g/mol. The van der Waals surface area contributed by atoms with Gasteiger partial charge >= 0.3 is 15.6 Å². The Bertz CT molecular complexity index is 1390. The molecule has 0 aliphatic carbocycles. The molecular formula is C17H27N5O17P2. The number of nitrogens with zero attached hydrogens (tertiary/aromatic N) is 3. The summed E-state index contributed by atoms with van der Waals surface area (Å²) in [5.74, 6) is -0.289. The van der Waals surface area contributed by atoms with Gasteiger partial charge in [0.25, 0.3) is 5.56 Å². The van der Waals surface area contributed by atoms with Crippen molar-refractivity contribution in [1.29, 1.82) is 0 Å². The minimum absolute atomic E-state index is 0.128. The Labute approximate surface area is 227 Å². The van der Waals surface area contributed by atoms with Crippen LogP contribution in [0.1, 0.15) is 6.23 Å². The Morgan fingerprint density at radius 1 is 1.05 bits per heavy atom. The fourth-order valence-electron chi connectivity index (χ4n) is 4.08. The van der Waals surface area contributed by atoms with Gasteiger partial charge in [0.2, 0.25) is 5.95 Å². The Hall–Kier alpha value is -1.95. The number of ether oxygens (including phenoxy) is 2. The average molecular weight is 635 g/mol. The number of aromatic amines is 1. The normalized spacial score (nSPS) is 36.2. The first kappa shape index (κ1) is 32.0. The molecule has 4 heterocycles. The van der Waals surface area contributed by atoms with Crippen LogP contribution in [-0.4, -0.2) is 133 Å². The number of H-pyrrole nitrogens is 1. The summed E-state index contributed by atoms with van der Waals surface area (Å²) in [6.07, 6.45) is -17.7. The maximum atomic E-state index is 12.4. The molecule has 12 N–H and O–H groups in total. The number of nitrogens with one attached hydrogen (secondary N) is 1. The minimum Gasteiger partial charge on any atom is -0.394 e. The number of nitrogens with two attached hydrogens (primary N) is 1. The molecule has 22 nitrogen and oxygen atoms in total. The molecule has 41 heavy (non-hydrogen) atoms. The molecule has 12 atom stereocenters. The molecule has 0 spiro atoms. The van der Waals surface area contributed by atoms with E-state index in [1.54, 1.807) is 0 Å². The third kappa shape index (κ3) is 6.68. The molecule has 0 saturated carbocycles. The Morgan fingerprint density at radius 3 is 2.39 bits per heavy atom. The lowest BCUT2D eigenvalue weighted by molar-refractivity contribution is -0.292. The summed E-state index contributed by atoms with van der Waals surface area (Å²) in [7, 11) is -11.2. The minimum atomic E-state index is -5.69. The van der Waals surface area contributed by atoms with Gasteiger partial charge in [-0.15, -0.1) is 0 Å². The van der Waals surface area contributed by atoms with E-state index in [1.165, 1.54) is 0 Å². The van der Waals surface area contributed by atoms with Crippen LogP contribution in [0.5, 0.6) is 0 Å². The number of imidazole rings is 1. The standard InChI is InChI=1S/C17H27N5O17P2/c18-17-20-13-6(14(30)21-17)19-3-22(13)15-10(28)7(25)5(36-15)2-35-40(31,32)39-41(33,34)38-16-11(29)8(26)9(27)12(37-16)4(24)1-23/h3-5,7-12,15-16,23-29H,1-2H2,(H,31,32)(H,33,34)(H3,18,20,21,30)/t4-,5+,7+,8-,9-,10+,11-,12-,15+,16+/m0/s1. The molecule has 232 valence electrons. The van der Waals surface area contributed by atoms with Crippen LogP contribution in [0.25, 0.3) is 11.2 Å². The SMILES string of the molecule is Nc1nc2c(ncn2[C@@H]2O[C@H](COP(=O)(O)OP(=O)(O)O[C@H]3O[C@@H]([C@@H](O)CO)[C@@H](O)[C@H](O)[C@@H]3O)[C@@H](O)[C@H]2O)c(=O)[nH]1. The highest BCUT2D eigenvalue weighted by Crippen LogP contribution is 2.61. The summed E-state index contributed by atoms with van der Waals surface area (Å²) in [4.78, 5) is 41.8. The number of hydrogen-bond donors (Lipinski definition) is 11. The monoisotopic (exact) mass is 635 g/mol. The second kappa shape index (κ2) is 12.0. The number of nitrogen functional groups attached to an aromatic ring is 1. The fraction of sp³-hybridized carbons (Fsp3) is 0.706. The van der Waals surface area contributed by atoms with Gasteiger partial charge in [-0.3, -0.25) is 23.4 Å². The second-order valence-electron chi connectivity index (χ2n) is 8.93. The Morgan fingerprint density at radius 2 is 1.73 bits per heavy atom. The highest BCUT2D eigenvalue weighted by atomic mass is 31.3. The van der Waals surface area contributed by atoms with Crippen molar-refractivity contribution in [3.8, 4) is 0 Å². The summed E-state index contributed by atoms with van der Waals surface area (Å²) in [6.45, 7) is -2.02. The second-order valence-corrected chi connectivity index (χ2v) is 11.9. The molecule has 2 aliphatic heterocycles. The van der Waals surface area contributed by atoms with E-state index < -0.39 is 95.8 Å². The number of aliphatic hydroxyl groups is 7. The number of phosphoric ester groups is 2. The van der Waals surface area contributed by atoms with Crippen LogP contribution >= 0.6 is 15.6 Å². The summed E-state index contributed by atoms with van der Waals surface area (Å²) in [5.41, 5.74) is 4.51. The van der Waals surface area contributed by atoms with E-state index in [0.717, 1.165) is 10.9 Å². The van der Waals surface area contributed by atoms with Crippen LogP contribution in [0.2, 0.25) is 0 Å². The lowest BCUT2D eigenvalue weighted by atomic mass is 9.96. The largest absolute Gasteiger partial charge is 0.483 e. The molecule has 2 aromatic rings. The van der Waals surface area contributed by atoms with Crippen molar-refractivity contribution >= 4 is 32.8 Å². The van der Waals surface area contributed by atoms with Crippen molar-refractivity contribution in [2.45, 2.75) is 61.3 Å². The first-order valence-corrected chi connectivity index (χ1v) is 14.5. The van der Waals surface area contributed by atoms with Gasteiger partial charge in [0.05, 0.1) is 19.5 Å². The topological polar surface area (TPSA) is 352 Å². The highest BCUT2D eigenvalue weighted by molar-refractivity contribution is 7.61. The van der Waals surface area contributed by atoms with E-state index >= 15 is 0 Å². The molecule has 0 radical (unpaired) electrons. The molecule has 2 unspecified atom stereocenters. The van der Waals surface area contributed by atoms with E-state index in [-0.39, 0.29) is 17.1 Å². The van der Waals surface area contributed by atoms with Gasteiger partial charge in [0.1, 0.15) is 48.8 Å². The maximum absolute atomic E-state index is 12.4. The van der Waals surface area contributed by atoms with E-state index in [4.69, 9.17) is 20.3 Å². The van der Waals surface area contributed by atoms with Gasteiger partial charge in [-0.05, 0) is 0 Å². The van der Waals surface area contributed by atoms with Crippen molar-refractivity contribution in [3.63, 3.8) is 0 Å². The molecule has 2 aromatic heterocycles. The van der Waals surface area contributed by atoms with Crippen LogP contribution in [0, 0.1) is 0 Å². The van der Waals surface area contributed by atoms with E-state index in [2.05, 4.69) is 28.3 Å². The molecule has 2 fully saturated rings. The van der Waals surface area contributed by atoms with Gasteiger partial charge in [-0.1, -0.05) is 0 Å². The molecule has 0 bridgehead atoms. The van der Waals surface area contributed by atoms with Crippen molar-refractivity contribution in [1.82, 2.24) is 19.5 Å². The van der Waals surface area contributed by atoms with Gasteiger partial charge < -0.3 is 60.7 Å². The van der Waals surface area contributed by atoms with Crippen LogP contribution in [0.4, 0.5) is 5.95 Å². The Kier molecular flexibility index (Phi) is 9.34. The predicted molar refractivity (Wildman–Crippen MR) is 126 cm³/mol. The van der Waals surface area contributed by atoms with Crippen LogP contribution < -0.4 is 11.3 Å². The van der Waals surface area contributed by atoms with E-state index in [9.17, 15) is 54.4 Å². The Balaban J connectivity index is 1.40. The lowest BCUT2D eigenvalue weighted by Gasteiger charge is -2.41. The molecule has 0 aromatic carbocycles. The van der Waals surface area contributed by atoms with Gasteiger partial charge in [0, 0.05) is 0 Å². The molecule has 24 heteroatoms. The molecule has 2 aliphatic rings. The average Bonchev–Trinajstić information content (AvgIpc) is 3.42. The molecule has 0 amide bonds. The number of hydrogen-bond acceptors (Lipinski definition) is 18. The third-order valence-electron chi connectivity index (χ3n) is 6.08. The molecule has 4 rings (SSSR count). The molecule has 2 saturated heterocycles. The summed E-state index contributed by atoms with van der Waals surface area (Å²) in [5, 5.41) is 69.3. The van der Waals surface area contributed by atoms with Gasteiger partial charge in [-0.25, -0.2) is 14.1 Å². The number of aliphatic hydroxyl groups excluding tert-OH is 7. The zero-order valence-corrected chi connectivity index (χ0v) is 22.2. The van der Waals surface area contributed by atoms with Crippen molar-refractivity contribution in [2.24, 2.45) is 0 Å². The highest BCUT2D eigenvalue weighted by Gasteiger charge is 2.51. The summed E-state index contributed by atoms with van der Waals surface area (Å²) in [6, 6.07) is 0. The first-order chi connectivity index (χ1) is 19.0. The van der Waals surface area contributed by atoms with Crippen molar-refractivity contribution in [3.05, 3.63) is 16.7 Å². The number of aromatic nitrogens is 4. The number of rotatable bonds is 10. The predicted octanol–water partition coefficient (Wildman–Crippen LogP) is -5.27. The van der Waals surface area contributed by atoms with Crippen LogP contribution in [-0.2, 0) is 32.0 Å². The van der Waals surface area contributed by atoms with Crippen LogP contribution in [0.3, 0.4) is 0 Å². The fourth-order valence-corrected chi connectivity index (χ4v) is 6.24. The number of fused-ring (bicyclic) bond motifs is 1. The van der Waals surface area contributed by atoms with E-state index in [1.807, 2.05) is 0 Å². The summed E-state index contributed by atoms with van der Waals surface area (Å²) < 4.78 is 49.3. The number of anilines is 1. The van der Waals surface area contributed by atoms with Crippen molar-refractivity contribution in [2.75, 3.05) is 18.9 Å². The zero-order chi connectivity index (χ0) is 30.4. The third-order valence-corrected chi connectivity index (χ3v) is 8.68. The van der Waals surface area contributed by atoms with Crippen molar-refractivity contribution < 1.29 is 77.5 Å². The summed E-state index contributed by atoms with van der Waals surface area (Å²) >= 11 is 0. The first-order valence-electron chi connectivity index (χ1n) is 11.5. The smallest absolute Gasteiger partial charge is 0.394 e. The number of phosphoric acid groups is 2. The zero-order valence-electron chi connectivity index (χ0n) is 20.4. The van der Waals surface area contributed by atoms with E-state index in [0.29, 0.717) is 0 Å². The quantitative estimate of drug-likeness (QED) is 0.109. The lowest BCUT2D eigenvalue weighted by Crippen LogP contribution is -2.61. The van der Waals surface area contributed by atoms with Crippen LogP contribution in [0.15, 0.2) is 11.1 Å². The van der Waals surface area contributed by atoms with Gasteiger partial charge in [-0.2, -0.15) is 9.29 Å². The maximum Gasteiger partial charge on any atom is 0.483 e. The van der Waals surface area contributed by atoms with Gasteiger partial charge in [0.15, 0.2) is 23.7 Å².